The van der Waals surface area contributed by atoms with Crippen LogP contribution in [-0.4, -0.2) is 16.7 Å². The van der Waals surface area contributed by atoms with E-state index in [9.17, 15) is 0 Å². The monoisotopic (exact) mass is 185 g/mol. The Kier molecular flexibility index (Phi) is 2.85. The van der Waals surface area contributed by atoms with Gasteiger partial charge in [0.25, 0.3) is 0 Å². The summed E-state index contributed by atoms with van der Waals surface area (Å²) in [5.74, 6) is 0. The number of nitrogens with zero attached hydrogens (tertiary/aromatic N) is 1. The summed E-state index contributed by atoms with van der Waals surface area (Å²) in [6.45, 7) is 6.45. The molecular formula is C9H15NOS. The first-order chi connectivity index (χ1) is 5.56. The van der Waals surface area contributed by atoms with E-state index in [0.717, 1.165) is 17.1 Å². The molecule has 3 heteroatoms. The molecular weight excluding hydrogens is 170 g/mol. The summed E-state index contributed by atoms with van der Waals surface area (Å²) < 4.78 is 0. The molecule has 1 heterocycles. The van der Waals surface area contributed by atoms with Gasteiger partial charge in [-0.25, -0.2) is 4.98 Å². The van der Waals surface area contributed by atoms with Gasteiger partial charge in [0, 0.05) is 23.1 Å². The minimum absolute atomic E-state index is 0.0215. The maximum absolute atomic E-state index is 8.85. The second-order valence-electron chi connectivity index (χ2n) is 3.65. The molecule has 2 nitrogen and oxygen atoms in total. The first-order valence-electron chi connectivity index (χ1n) is 4.10. The van der Waals surface area contributed by atoms with E-state index in [1.54, 1.807) is 11.3 Å². The highest BCUT2D eigenvalue weighted by Crippen LogP contribution is 2.28. The maximum atomic E-state index is 8.85. The molecule has 0 spiro atoms. The van der Waals surface area contributed by atoms with Crippen LogP contribution >= 0.6 is 11.3 Å². The standard InChI is InChI=1S/C9H15NOS/c1-7-6-12-8(10-7)9(2,3)4-5-11/h6,11H,4-5H2,1-3H3. The summed E-state index contributed by atoms with van der Waals surface area (Å²) >= 11 is 1.67. The molecule has 0 atom stereocenters. The van der Waals surface area contributed by atoms with Crippen molar-refractivity contribution in [1.29, 1.82) is 0 Å². The molecule has 0 unspecified atom stereocenters. The highest BCUT2D eigenvalue weighted by molar-refractivity contribution is 7.09. The number of aliphatic hydroxyl groups excluding tert-OH is 1. The number of aryl methyl sites for hydroxylation is 1. The molecule has 12 heavy (non-hydrogen) atoms. The highest BCUT2D eigenvalue weighted by Gasteiger charge is 2.22. The van der Waals surface area contributed by atoms with E-state index in [0.29, 0.717) is 0 Å². The minimum Gasteiger partial charge on any atom is -0.396 e. The normalized spacial score (nSPS) is 12.0. The zero-order valence-corrected chi connectivity index (χ0v) is 8.61. The molecule has 0 aromatic carbocycles. The van der Waals surface area contributed by atoms with Crippen molar-refractivity contribution in [2.45, 2.75) is 32.6 Å². The van der Waals surface area contributed by atoms with Crippen LogP contribution in [0.5, 0.6) is 0 Å². The summed E-state index contributed by atoms with van der Waals surface area (Å²) in [6.07, 6.45) is 0.778. The second-order valence-corrected chi connectivity index (χ2v) is 4.51. The fourth-order valence-corrected chi connectivity index (χ4v) is 2.00. The van der Waals surface area contributed by atoms with Crippen LogP contribution in [-0.2, 0) is 5.41 Å². The third kappa shape index (κ3) is 2.05. The van der Waals surface area contributed by atoms with Crippen LogP contribution in [0.25, 0.3) is 0 Å². The summed E-state index contributed by atoms with van der Waals surface area (Å²) in [4.78, 5) is 4.41. The number of aromatic nitrogens is 1. The minimum atomic E-state index is 0.0215. The lowest BCUT2D eigenvalue weighted by Gasteiger charge is -2.19. The van der Waals surface area contributed by atoms with Gasteiger partial charge < -0.3 is 5.11 Å². The Morgan fingerprint density at radius 1 is 1.58 bits per heavy atom. The summed E-state index contributed by atoms with van der Waals surface area (Å²) in [5, 5.41) is 12.0. The Morgan fingerprint density at radius 2 is 2.25 bits per heavy atom. The maximum Gasteiger partial charge on any atom is 0.0985 e. The molecule has 1 aromatic heterocycles. The molecule has 0 saturated carbocycles. The average Bonchev–Trinajstić information content (AvgIpc) is 2.36. The Balaban J connectivity index is 2.81. The average molecular weight is 185 g/mol. The summed E-state index contributed by atoms with van der Waals surface area (Å²) in [7, 11) is 0. The fraction of sp³-hybridized carbons (Fsp3) is 0.667. The van der Waals surface area contributed by atoms with E-state index >= 15 is 0 Å². The van der Waals surface area contributed by atoms with Crippen LogP contribution in [0.1, 0.15) is 31.0 Å². The SMILES string of the molecule is Cc1csc(C(C)(C)CCO)n1. The van der Waals surface area contributed by atoms with Gasteiger partial charge in [0.05, 0.1) is 5.01 Å². The van der Waals surface area contributed by atoms with Gasteiger partial charge in [0.15, 0.2) is 0 Å². The third-order valence-electron chi connectivity index (χ3n) is 1.93. The van der Waals surface area contributed by atoms with Crippen molar-refractivity contribution < 1.29 is 5.11 Å². The Bertz CT molecular complexity index is 255. The quantitative estimate of drug-likeness (QED) is 0.782. The number of thiazole rings is 1. The number of hydrogen-bond donors (Lipinski definition) is 1. The van der Waals surface area contributed by atoms with Gasteiger partial charge in [-0.3, -0.25) is 0 Å². The Morgan fingerprint density at radius 3 is 2.67 bits per heavy atom. The number of rotatable bonds is 3. The second kappa shape index (κ2) is 3.54. The Hall–Kier alpha value is -0.410. The summed E-state index contributed by atoms with van der Waals surface area (Å²) in [6, 6.07) is 0. The van der Waals surface area contributed by atoms with Crippen LogP contribution in [0.4, 0.5) is 0 Å². The molecule has 1 N–H and O–H groups in total. The van der Waals surface area contributed by atoms with Gasteiger partial charge in [-0.05, 0) is 13.3 Å². The van der Waals surface area contributed by atoms with Crippen LogP contribution in [0, 0.1) is 6.92 Å². The fourth-order valence-electron chi connectivity index (χ4n) is 1.05. The lowest BCUT2D eigenvalue weighted by Crippen LogP contribution is -2.18. The van der Waals surface area contributed by atoms with Gasteiger partial charge in [-0.2, -0.15) is 0 Å². The smallest absolute Gasteiger partial charge is 0.0985 e. The van der Waals surface area contributed by atoms with Gasteiger partial charge >= 0.3 is 0 Å². The van der Waals surface area contributed by atoms with Crippen molar-refractivity contribution in [2.75, 3.05) is 6.61 Å². The molecule has 0 aliphatic rings. The van der Waals surface area contributed by atoms with Crippen molar-refractivity contribution in [2.24, 2.45) is 0 Å². The van der Waals surface area contributed by atoms with Crippen molar-refractivity contribution >= 4 is 11.3 Å². The van der Waals surface area contributed by atoms with Crippen molar-refractivity contribution in [3.05, 3.63) is 16.1 Å². The van der Waals surface area contributed by atoms with E-state index in [1.165, 1.54) is 0 Å². The van der Waals surface area contributed by atoms with Gasteiger partial charge in [0.2, 0.25) is 0 Å². The molecule has 0 radical (unpaired) electrons. The van der Waals surface area contributed by atoms with Crippen LogP contribution < -0.4 is 0 Å². The molecule has 0 saturated heterocycles. The van der Waals surface area contributed by atoms with E-state index in [4.69, 9.17) is 5.11 Å². The van der Waals surface area contributed by atoms with Crippen molar-refractivity contribution in [3.8, 4) is 0 Å². The molecule has 0 aliphatic heterocycles. The highest BCUT2D eigenvalue weighted by atomic mass is 32.1. The van der Waals surface area contributed by atoms with Crippen molar-refractivity contribution in [3.63, 3.8) is 0 Å². The number of aliphatic hydroxyl groups is 1. The van der Waals surface area contributed by atoms with Crippen LogP contribution in [0.2, 0.25) is 0 Å². The van der Waals surface area contributed by atoms with E-state index < -0.39 is 0 Å². The first kappa shape index (κ1) is 9.68. The predicted octanol–water partition coefficient (Wildman–Crippen LogP) is 2.11. The summed E-state index contributed by atoms with van der Waals surface area (Å²) in [5.41, 5.74) is 1.09. The van der Waals surface area contributed by atoms with Gasteiger partial charge in [-0.1, -0.05) is 13.8 Å². The van der Waals surface area contributed by atoms with E-state index in [2.05, 4.69) is 24.2 Å². The van der Waals surface area contributed by atoms with Gasteiger partial charge in [0.1, 0.15) is 0 Å². The molecule has 0 fully saturated rings. The molecule has 1 rings (SSSR count). The molecule has 68 valence electrons. The lowest BCUT2D eigenvalue weighted by atomic mass is 9.91. The van der Waals surface area contributed by atoms with E-state index in [-0.39, 0.29) is 12.0 Å². The molecule has 0 bridgehead atoms. The van der Waals surface area contributed by atoms with Crippen molar-refractivity contribution in [1.82, 2.24) is 4.98 Å². The third-order valence-corrected chi connectivity index (χ3v) is 3.26. The Labute approximate surface area is 77.3 Å². The number of hydrogen-bond acceptors (Lipinski definition) is 3. The first-order valence-corrected chi connectivity index (χ1v) is 4.98. The zero-order chi connectivity index (χ0) is 9.19. The molecule has 1 aromatic rings. The zero-order valence-electron chi connectivity index (χ0n) is 7.79. The van der Waals surface area contributed by atoms with Crippen LogP contribution in [0.15, 0.2) is 5.38 Å². The van der Waals surface area contributed by atoms with Crippen LogP contribution in [0.3, 0.4) is 0 Å². The van der Waals surface area contributed by atoms with Gasteiger partial charge in [-0.15, -0.1) is 11.3 Å². The molecule has 0 amide bonds. The predicted molar refractivity (Wildman–Crippen MR) is 51.6 cm³/mol. The molecule has 0 aliphatic carbocycles. The topological polar surface area (TPSA) is 33.1 Å². The van der Waals surface area contributed by atoms with E-state index in [1.807, 2.05) is 6.92 Å². The lowest BCUT2D eigenvalue weighted by molar-refractivity contribution is 0.252. The largest absolute Gasteiger partial charge is 0.396 e.